The second-order valence-electron chi connectivity index (χ2n) is 15.9. The smallest absolute Gasteiger partial charge is 0.128 e. The summed E-state index contributed by atoms with van der Waals surface area (Å²) < 4.78 is 0. The van der Waals surface area contributed by atoms with Gasteiger partial charge in [-0.3, -0.25) is 9.98 Å². The first-order valence-electron chi connectivity index (χ1n) is 15.0. The topological polar surface area (TPSA) is 65.2 Å². The monoisotopic (exact) mass is 546 g/mol. The van der Waals surface area contributed by atoms with Crippen LogP contribution < -0.4 is 0 Å². The van der Waals surface area contributed by atoms with E-state index in [4.69, 9.17) is 9.98 Å². The summed E-state index contributed by atoms with van der Waals surface area (Å²) in [5, 5.41) is 22.5. The molecule has 3 rings (SSSR count). The maximum Gasteiger partial charge on any atom is 0.128 e. The highest BCUT2D eigenvalue weighted by Crippen LogP contribution is 2.39. The Kier molecular flexibility index (Phi) is 9.04. The average molecular weight is 547 g/mol. The summed E-state index contributed by atoms with van der Waals surface area (Å²) in [4.78, 5) is 10.1. The zero-order chi connectivity index (χ0) is 30.3. The van der Waals surface area contributed by atoms with Gasteiger partial charge in [0.1, 0.15) is 11.5 Å². The Hall–Kier alpha value is -2.62. The van der Waals surface area contributed by atoms with Gasteiger partial charge in [-0.05, 0) is 57.8 Å². The van der Waals surface area contributed by atoms with Gasteiger partial charge in [-0.25, -0.2) is 0 Å². The molecule has 1 aliphatic rings. The van der Waals surface area contributed by atoms with Crippen LogP contribution in [-0.4, -0.2) is 34.7 Å². The van der Waals surface area contributed by atoms with E-state index < -0.39 is 0 Å². The average Bonchev–Trinajstić information content (AvgIpc) is 2.80. The fourth-order valence-corrected chi connectivity index (χ4v) is 5.31. The molecule has 1 saturated carbocycles. The van der Waals surface area contributed by atoms with Gasteiger partial charge in [-0.15, -0.1) is 0 Å². The molecule has 0 heterocycles. The SMILES string of the molecule is CC(C)(C)c1cc(/C=N/C2CCCC[C@@H]2/N=C/c2cc(C(C)(C)C)cc(C(C)(C)C)c2O)c(O)c(C(C)(C)C)c1. The standard InChI is InChI=1S/C36H54N2O2/c1-33(2,3)25-17-23(31(39)27(19-25)35(7,8)9)21-37-29-15-13-14-16-30(29)38-22-24-18-26(34(4,5)6)20-28(32(24)40)36(10,11)12/h17-22,29-30,39-40H,13-16H2,1-12H3/b37-21+,38-22+/t29-,30?/m0/s1. The van der Waals surface area contributed by atoms with Crippen LogP contribution in [-0.2, 0) is 21.7 Å². The number of phenolic OH excluding ortho intramolecular Hbond substituents is 2. The Morgan fingerprint density at radius 1 is 0.550 bits per heavy atom. The molecular weight excluding hydrogens is 492 g/mol. The van der Waals surface area contributed by atoms with Crippen molar-refractivity contribution in [1.82, 2.24) is 0 Å². The maximum atomic E-state index is 11.2. The minimum atomic E-state index is -0.179. The van der Waals surface area contributed by atoms with E-state index in [2.05, 4.69) is 107 Å². The van der Waals surface area contributed by atoms with Gasteiger partial charge in [-0.1, -0.05) is 108 Å². The Morgan fingerprint density at radius 3 is 1.15 bits per heavy atom. The largest absolute Gasteiger partial charge is 0.507 e. The lowest BCUT2D eigenvalue weighted by Crippen LogP contribution is -2.27. The molecule has 0 saturated heterocycles. The molecule has 0 bridgehead atoms. The van der Waals surface area contributed by atoms with Crippen molar-refractivity contribution in [3.8, 4) is 11.5 Å². The Bertz CT molecular complexity index is 1160. The predicted octanol–water partition coefficient (Wildman–Crippen LogP) is 9.14. The quantitative estimate of drug-likeness (QED) is 0.376. The number of phenols is 2. The van der Waals surface area contributed by atoms with E-state index in [0.717, 1.165) is 47.9 Å². The van der Waals surface area contributed by atoms with Crippen LogP contribution in [0.1, 0.15) is 142 Å². The summed E-state index contributed by atoms with van der Waals surface area (Å²) in [5.41, 5.74) is 5.39. The highest BCUT2D eigenvalue weighted by molar-refractivity contribution is 5.86. The molecule has 2 N–H and O–H groups in total. The Labute approximate surface area is 244 Å². The molecule has 0 amide bonds. The van der Waals surface area contributed by atoms with Crippen LogP contribution in [0.25, 0.3) is 0 Å². The molecule has 1 aliphatic carbocycles. The van der Waals surface area contributed by atoms with Crippen LogP contribution in [0.4, 0.5) is 0 Å². The van der Waals surface area contributed by atoms with Crippen molar-refractivity contribution >= 4 is 12.4 Å². The van der Waals surface area contributed by atoms with Crippen molar-refractivity contribution in [2.24, 2.45) is 9.98 Å². The number of rotatable bonds is 4. The van der Waals surface area contributed by atoms with Crippen LogP contribution in [0.2, 0.25) is 0 Å². The molecule has 0 aromatic heterocycles. The summed E-state index contributed by atoms with van der Waals surface area (Å²) in [6, 6.07) is 8.53. The molecule has 1 fully saturated rings. The van der Waals surface area contributed by atoms with Crippen LogP contribution in [0.3, 0.4) is 0 Å². The van der Waals surface area contributed by atoms with Gasteiger partial charge in [0, 0.05) is 34.7 Å². The lowest BCUT2D eigenvalue weighted by atomic mass is 9.79. The van der Waals surface area contributed by atoms with E-state index in [1.807, 2.05) is 12.4 Å². The predicted molar refractivity (Wildman–Crippen MR) is 172 cm³/mol. The van der Waals surface area contributed by atoms with Crippen LogP contribution in [0.5, 0.6) is 11.5 Å². The van der Waals surface area contributed by atoms with Crippen molar-refractivity contribution in [3.05, 3.63) is 57.6 Å². The van der Waals surface area contributed by atoms with E-state index >= 15 is 0 Å². The normalized spacial score (nSPS) is 19.6. The second kappa shape index (κ2) is 11.3. The molecule has 0 radical (unpaired) electrons. The van der Waals surface area contributed by atoms with E-state index in [0.29, 0.717) is 11.5 Å². The highest BCUT2D eigenvalue weighted by Gasteiger charge is 2.28. The van der Waals surface area contributed by atoms with Crippen LogP contribution >= 0.6 is 0 Å². The van der Waals surface area contributed by atoms with E-state index in [-0.39, 0.29) is 33.7 Å². The summed E-state index contributed by atoms with van der Waals surface area (Å²) in [7, 11) is 0. The molecule has 220 valence electrons. The van der Waals surface area contributed by atoms with E-state index in [1.165, 1.54) is 11.1 Å². The first kappa shape index (κ1) is 31.9. The first-order chi connectivity index (χ1) is 18.2. The minimum Gasteiger partial charge on any atom is -0.507 e. The fraction of sp³-hybridized carbons (Fsp3) is 0.611. The second-order valence-corrected chi connectivity index (χ2v) is 15.9. The van der Waals surface area contributed by atoms with Gasteiger partial charge in [0.2, 0.25) is 0 Å². The first-order valence-corrected chi connectivity index (χ1v) is 15.0. The van der Waals surface area contributed by atoms with Crippen LogP contribution in [0, 0.1) is 0 Å². The summed E-state index contributed by atoms with van der Waals surface area (Å²) in [6.07, 6.45) is 7.90. The molecule has 4 nitrogen and oxygen atoms in total. The van der Waals surface area contributed by atoms with Crippen molar-refractivity contribution in [2.45, 2.75) is 143 Å². The fourth-order valence-electron chi connectivity index (χ4n) is 5.31. The third-order valence-corrected chi connectivity index (χ3v) is 8.13. The number of hydrogen-bond donors (Lipinski definition) is 2. The maximum absolute atomic E-state index is 11.2. The third-order valence-electron chi connectivity index (χ3n) is 8.13. The summed E-state index contributed by atoms with van der Waals surface area (Å²) in [6.45, 7) is 26.0. The van der Waals surface area contributed by atoms with Crippen LogP contribution in [0.15, 0.2) is 34.3 Å². The minimum absolute atomic E-state index is 0.0378. The summed E-state index contributed by atoms with van der Waals surface area (Å²) >= 11 is 0. The molecular formula is C36H54N2O2. The van der Waals surface area contributed by atoms with Gasteiger partial charge in [0.25, 0.3) is 0 Å². The number of benzene rings is 2. The molecule has 0 aliphatic heterocycles. The Balaban J connectivity index is 2.00. The van der Waals surface area contributed by atoms with Crippen molar-refractivity contribution in [2.75, 3.05) is 0 Å². The van der Waals surface area contributed by atoms with Gasteiger partial charge >= 0.3 is 0 Å². The Morgan fingerprint density at radius 2 is 0.875 bits per heavy atom. The van der Waals surface area contributed by atoms with Gasteiger partial charge in [-0.2, -0.15) is 0 Å². The number of nitrogens with zero attached hydrogens (tertiary/aromatic N) is 2. The summed E-state index contributed by atoms with van der Waals surface area (Å²) in [5.74, 6) is 0.637. The third kappa shape index (κ3) is 7.56. The molecule has 4 heteroatoms. The zero-order valence-electron chi connectivity index (χ0n) is 27.2. The van der Waals surface area contributed by atoms with E-state index in [1.54, 1.807) is 0 Å². The lowest BCUT2D eigenvalue weighted by molar-refractivity contribution is 0.389. The zero-order valence-corrected chi connectivity index (χ0v) is 27.2. The number of aliphatic imine (C=N–C) groups is 2. The van der Waals surface area contributed by atoms with Gasteiger partial charge in [0.05, 0.1) is 12.1 Å². The number of hydrogen-bond acceptors (Lipinski definition) is 4. The van der Waals surface area contributed by atoms with Crippen molar-refractivity contribution in [1.29, 1.82) is 0 Å². The van der Waals surface area contributed by atoms with Gasteiger partial charge in [0.15, 0.2) is 0 Å². The number of aromatic hydroxyl groups is 2. The molecule has 2 atom stereocenters. The molecule has 2 aromatic carbocycles. The highest BCUT2D eigenvalue weighted by atomic mass is 16.3. The van der Waals surface area contributed by atoms with Crippen molar-refractivity contribution < 1.29 is 10.2 Å². The molecule has 40 heavy (non-hydrogen) atoms. The lowest BCUT2D eigenvalue weighted by Gasteiger charge is -2.28. The molecule has 2 aromatic rings. The van der Waals surface area contributed by atoms with E-state index in [9.17, 15) is 10.2 Å². The van der Waals surface area contributed by atoms with Crippen molar-refractivity contribution in [3.63, 3.8) is 0 Å². The molecule has 0 spiro atoms. The van der Waals surface area contributed by atoms with Gasteiger partial charge < -0.3 is 10.2 Å². The molecule has 1 unspecified atom stereocenters.